The van der Waals surface area contributed by atoms with E-state index in [0.29, 0.717) is 182 Å². The predicted octanol–water partition coefficient (Wildman–Crippen LogP) is 17.2. The van der Waals surface area contributed by atoms with Crippen molar-refractivity contribution in [3.05, 3.63) is 296 Å². The number of nitrogens with one attached hydrogen (secondary N) is 4. The molecule has 42 nitrogen and oxygen atoms in total. The normalized spacial score (nSPS) is 12.7. The van der Waals surface area contributed by atoms with Crippen molar-refractivity contribution in [3.63, 3.8) is 0 Å². The monoisotopic (exact) mass is 1850 g/mol. The number of aromatic nitrogens is 16. The van der Waals surface area contributed by atoms with Crippen LogP contribution in [0, 0.1) is 55.4 Å². The molecule has 6 N–H and O–H groups in total. The van der Waals surface area contributed by atoms with Gasteiger partial charge in [0.1, 0.15) is 118 Å². The van der Waals surface area contributed by atoms with Gasteiger partial charge in [0, 0.05) is 65.3 Å². The number of aromatic amines is 4. The minimum absolute atomic E-state index is 0.000934. The minimum atomic E-state index is -1.17. The summed E-state index contributed by atoms with van der Waals surface area (Å²) >= 11 is 0. The zero-order chi connectivity index (χ0) is 95.7. The third kappa shape index (κ3) is 18.4. The second-order valence-corrected chi connectivity index (χ2v) is 31.9. The van der Waals surface area contributed by atoms with Crippen LogP contribution in [0.5, 0.6) is 40.2 Å². The van der Waals surface area contributed by atoms with Gasteiger partial charge in [-0.3, -0.25) is 0 Å². The quantitative estimate of drug-likeness (QED) is 0.0229. The molecule has 4 atom stereocenters. The topological polar surface area (TPSA) is 568 Å². The molecule has 137 heavy (non-hydrogen) atoms. The van der Waals surface area contributed by atoms with Crippen molar-refractivity contribution in [2.75, 3.05) is 6.54 Å². The molecular formula is C95H79N19O23. The van der Waals surface area contributed by atoms with Gasteiger partial charge in [-0.25, -0.2) is 28.8 Å². The van der Waals surface area contributed by atoms with Gasteiger partial charge in [0.25, 0.3) is 0 Å². The molecular weight excluding hydrogens is 1780 g/mol. The van der Waals surface area contributed by atoms with Gasteiger partial charge in [-0.05, 0) is 250 Å². The third-order valence-corrected chi connectivity index (χ3v) is 22.6. The van der Waals surface area contributed by atoms with E-state index in [4.69, 9.17) is 78.7 Å². The molecule has 1 aliphatic heterocycles. The molecule has 42 heteroatoms. The molecule has 8 aromatic carbocycles. The maximum atomic E-state index is 13.1. The third-order valence-electron chi connectivity index (χ3n) is 22.6. The van der Waals surface area contributed by atoms with Crippen LogP contribution in [0.2, 0.25) is 0 Å². The summed E-state index contributed by atoms with van der Waals surface area (Å²) in [5, 5.41) is 92.6. The first kappa shape index (κ1) is 89.4. The van der Waals surface area contributed by atoms with Crippen LogP contribution in [0.4, 0.5) is 0 Å². The van der Waals surface area contributed by atoms with Crippen LogP contribution < -0.4 is 55.7 Å². The number of carbonyl (C=O) groups is 2. The molecule has 0 bridgehead atoms. The fourth-order valence-corrected chi connectivity index (χ4v) is 15.4. The van der Waals surface area contributed by atoms with Crippen LogP contribution in [-0.2, 0) is 19.8 Å². The number of ether oxygens (including phenoxy) is 7. The van der Waals surface area contributed by atoms with Crippen molar-refractivity contribution in [2.24, 2.45) is 15.4 Å². The molecule has 4 unspecified atom stereocenters. The van der Waals surface area contributed by atoms with E-state index in [0.717, 1.165) is 60.1 Å². The standard InChI is InChI=1S/C28H21N7O6.C28H22O10.C21H20N8O4.C18H16N4O3/c1-14-9-19-18-5-8-22(37-12-16-3-6-23(39-16)21-11-29-33-30-21)15(2)26(18)41-28(36)20(19)10-25(14)38-13-17-4-7-24(40-17)27-31-34-35-32-27;1-13-10-18-17-5-7-20(34-12-16-4-6-22(36-16)26(29)30)14(2)25(17)38-28(33)19(18)11-24(13)35-15(3)21-8-9-23(37-21)27(31)32;1-9-7-14-13-5-6-16(31-11(3)19-22-26-27-23-19)10(2)18(13)33-21(30)15(14)8-17(9)32-12(4)20-24-28-29-25-20;1-9-4-5-13-14(8-9)12-6-7-15(10(2)16(12)25-18(13)23)24-11(3)17-19-21-22-20-17/h3-10H,11-13H2,1-2H3,(H,31,32,34,35);4-11,15H,12H2,1-3H3,(H,29,30)(H,31,32);5-8,11-12H,1-4H3,(H,22,23,26,27)(H,24,25,28,29);4-8,11H,1-3H3,(H,19,20,21,22). The molecule has 0 fully saturated rings. The van der Waals surface area contributed by atoms with Crippen LogP contribution in [0.25, 0.3) is 98.6 Å². The van der Waals surface area contributed by atoms with E-state index in [-0.39, 0.29) is 43.1 Å². The highest BCUT2D eigenvalue weighted by molar-refractivity contribution is 6.10. The number of H-pyrrole nitrogens is 4. The summed E-state index contributed by atoms with van der Waals surface area (Å²) in [7, 11) is 0. The number of hydrogen-bond donors (Lipinski definition) is 6. The maximum Gasteiger partial charge on any atom is 0.371 e. The van der Waals surface area contributed by atoms with Crippen LogP contribution in [-0.4, -0.2) is 117 Å². The number of rotatable bonds is 25. The second-order valence-electron chi connectivity index (χ2n) is 31.9. The van der Waals surface area contributed by atoms with Gasteiger partial charge >= 0.3 is 34.4 Å². The van der Waals surface area contributed by atoms with Crippen molar-refractivity contribution in [1.82, 2.24) is 82.5 Å². The molecule has 692 valence electrons. The molecule has 0 radical (unpaired) electrons. The van der Waals surface area contributed by atoms with Crippen molar-refractivity contribution >= 4 is 105 Å². The average Bonchev–Trinajstić information content (AvgIpc) is 1.63. The van der Waals surface area contributed by atoms with E-state index in [2.05, 4.69) is 97.9 Å². The molecule has 12 aromatic heterocycles. The Bertz CT molecular complexity index is 8360. The molecule has 20 aromatic rings. The van der Waals surface area contributed by atoms with Gasteiger partial charge in [-0.15, -0.1) is 45.9 Å². The van der Waals surface area contributed by atoms with Gasteiger partial charge in [0.15, 0.2) is 35.9 Å². The lowest BCUT2D eigenvalue weighted by molar-refractivity contribution is 0.0646. The molecule has 1 aliphatic rings. The smallest absolute Gasteiger partial charge is 0.371 e. The summed E-state index contributed by atoms with van der Waals surface area (Å²) in [6, 6.07) is 44.0. The summed E-state index contributed by atoms with van der Waals surface area (Å²) in [4.78, 5) is 73.4. The average molecular weight is 1850 g/mol. The van der Waals surface area contributed by atoms with Gasteiger partial charge in [0.2, 0.25) is 34.8 Å². The highest BCUT2D eigenvalue weighted by Crippen LogP contribution is 2.42. The largest absolute Gasteiger partial charge is 0.485 e. The van der Waals surface area contributed by atoms with Gasteiger partial charge in [-0.2, -0.15) is 26.0 Å². The summed E-state index contributed by atoms with van der Waals surface area (Å²) < 4.78 is 86.5. The highest BCUT2D eigenvalue weighted by atomic mass is 16.5. The van der Waals surface area contributed by atoms with Crippen LogP contribution in [0.3, 0.4) is 0 Å². The molecule has 0 spiro atoms. The Labute approximate surface area is 768 Å². The molecule has 21 rings (SSSR count). The zero-order valence-electron chi connectivity index (χ0n) is 74.7. The predicted molar refractivity (Wildman–Crippen MR) is 488 cm³/mol. The summed E-state index contributed by atoms with van der Waals surface area (Å²) in [5.74, 6) is 5.61. The SMILES string of the molecule is Cc1cc2c(cc1OC(C)c1ccc(C(=O)O)o1)c(=O)oc1c(C)c(OCc3ccc(C(=O)O)o3)ccc12.Cc1cc2c(cc1OC(C)c1nn[nH]n1)c(=O)oc1c(C)c(OC(C)c3nn[nH]n3)ccc12.Cc1cc2c(cc1OCc1ccc(-c3nn[nH]n3)o1)c(=O)oc1c(C)c(OCc3ccc(C4=NN=NC4)o3)ccc12.Cc1ccc2c(=O)oc3c(C)c(OC(C)c4nn[nH]n4)ccc3c2c1. The van der Waals surface area contributed by atoms with Gasteiger partial charge < -0.3 is 78.7 Å². The first-order valence-corrected chi connectivity index (χ1v) is 42.4. The Morgan fingerprint density at radius 1 is 0.350 bits per heavy atom. The molecule has 13 heterocycles. The fourth-order valence-electron chi connectivity index (χ4n) is 15.4. The first-order chi connectivity index (χ1) is 66.1. The zero-order valence-corrected chi connectivity index (χ0v) is 74.7. The number of tetrazole rings is 4. The van der Waals surface area contributed by atoms with E-state index in [1.54, 1.807) is 69.3 Å². The Morgan fingerprint density at radius 3 is 1.16 bits per heavy atom. The van der Waals surface area contributed by atoms with Gasteiger partial charge in [0.05, 0.1) is 21.5 Å². The number of nitrogens with zero attached hydrogens (tertiary/aromatic N) is 15. The number of carboxylic acids is 2. The first-order valence-electron chi connectivity index (χ1n) is 42.4. The van der Waals surface area contributed by atoms with E-state index in [1.165, 1.54) is 24.3 Å². The number of carboxylic acid groups (broad SMARTS) is 2. The number of hydrogen-bond acceptors (Lipinski definition) is 36. The lowest BCUT2D eigenvalue weighted by Gasteiger charge is -2.16. The fraction of sp³-hybridized carbons (Fsp3) is 0.211. The van der Waals surface area contributed by atoms with Crippen molar-refractivity contribution in [3.8, 4) is 51.8 Å². The Morgan fingerprint density at radius 2 is 0.723 bits per heavy atom. The summed E-state index contributed by atoms with van der Waals surface area (Å²) in [5.41, 5.74) is 6.94. The molecule has 0 saturated carbocycles. The molecule has 0 amide bonds. The highest BCUT2D eigenvalue weighted by Gasteiger charge is 2.27. The minimum Gasteiger partial charge on any atom is -0.485 e. The Hall–Kier alpha value is -18.1. The van der Waals surface area contributed by atoms with Crippen LogP contribution >= 0.6 is 0 Å². The summed E-state index contributed by atoms with van der Waals surface area (Å²) in [6.45, 7) is 22.9. The van der Waals surface area contributed by atoms with E-state index >= 15 is 0 Å². The van der Waals surface area contributed by atoms with Crippen molar-refractivity contribution in [1.29, 1.82) is 0 Å². The number of aryl methyl sites for hydroxylation is 8. The van der Waals surface area contributed by atoms with Gasteiger partial charge in [-0.1, -0.05) is 33.3 Å². The lowest BCUT2D eigenvalue weighted by atomic mass is 10.0. The Kier molecular flexibility index (Phi) is 24.6. The van der Waals surface area contributed by atoms with E-state index < -0.39 is 47.1 Å². The number of fused-ring (bicyclic) bond motifs is 12. The van der Waals surface area contributed by atoms with E-state index in [9.17, 15) is 28.8 Å². The van der Waals surface area contributed by atoms with Crippen LogP contribution in [0.1, 0.15) is 164 Å². The van der Waals surface area contributed by atoms with Crippen molar-refractivity contribution < 1.29 is 88.3 Å². The summed E-state index contributed by atoms with van der Waals surface area (Å²) in [6.07, 6.45) is -1.87. The van der Waals surface area contributed by atoms with Crippen LogP contribution in [0.15, 0.2) is 222 Å². The molecule has 0 aliphatic carbocycles. The van der Waals surface area contributed by atoms with E-state index in [1.807, 2.05) is 141 Å². The second kappa shape index (κ2) is 37.6. The number of aromatic carboxylic acids is 2. The Balaban J connectivity index is 0.000000123. The lowest BCUT2D eigenvalue weighted by Crippen LogP contribution is -2.08. The number of furan rings is 4. The number of benzene rings is 8. The molecule has 0 saturated heterocycles. The maximum absolute atomic E-state index is 13.1. The van der Waals surface area contributed by atoms with Crippen molar-refractivity contribution in [2.45, 2.75) is 127 Å².